The van der Waals surface area contributed by atoms with E-state index in [4.69, 9.17) is 0 Å². The number of fused-ring (bicyclic) bond motifs is 1. The van der Waals surface area contributed by atoms with Crippen molar-refractivity contribution in [1.82, 2.24) is 13.9 Å². The third kappa shape index (κ3) is 3.53. The van der Waals surface area contributed by atoms with Gasteiger partial charge in [0, 0.05) is 26.9 Å². The third-order valence-electron chi connectivity index (χ3n) is 3.99. The van der Waals surface area contributed by atoms with Gasteiger partial charge < -0.3 is 0 Å². The average Bonchev–Trinajstić information content (AvgIpc) is 2.63. The predicted octanol–water partition coefficient (Wildman–Crippen LogP) is 2.48. The summed E-state index contributed by atoms with van der Waals surface area (Å²) in [5.41, 5.74) is 1.41. The van der Waals surface area contributed by atoms with Crippen LogP contribution in [0.4, 0.5) is 0 Å². The summed E-state index contributed by atoms with van der Waals surface area (Å²) >= 11 is 1.40. The Morgan fingerprint density at radius 1 is 1.12 bits per heavy atom. The van der Waals surface area contributed by atoms with E-state index in [0.29, 0.717) is 21.8 Å². The van der Waals surface area contributed by atoms with Gasteiger partial charge >= 0.3 is 0 Å². The molecule has 0 bridgehead atoms. The Morgan fingerprint density at radius 2 is 1.85 bits per heavy atom. The minimum absolute atomic E-state index is 0.0953. The van der Waals surface area contributed by atoms with Crippen LogP contribution in [-0.2, 0) is 22.8 Å². The number of nitrogens with zero attached hydrogens (tertiary/aromatic N) is 3. The lowest BCUT2D eigenvalue weighted by molar-refractivity contribution is 0.520. The molecule has 0 amide bonds. The molecule has 0 saturated heterocycles. The van der Waals surface area contributed by atoms with Crippen molar-refractivity contribution >= 4 is 32.7 Å². The smallest absolute Gasteiger partial charge is 0.261 e. The molecule has 0 saturated carbocycles. The maximum atomic E-state index is 12.4. The van der Waals surface area contributed by atoms with Gasteiger partial charge in [-0.25, -0.2) is 17.7 Å². The molecule has 0 fully saturated rings. The Morgan fingerprint density at radius 3 is 2.58 bits per heavy atom. The van der Waals surface area contributed by atoms with Crippen molar-refractivity contribution in [3.8, 4) is 0 Å². The summed E-state index contributed by atoms with van der Waals surface area (Å²) in [6.45, 7) is 0. The molecule has 3 aromatic rings. The molecule has 0 spiro atoms. The van der Waals surface area contributed by atoms with Crippen LogP contribution in [0.2, 0.25) is 0 Å². The molecule has 0 aliphatic rings. The molecule has 2 aromatic carbocycles. The lowest BCUT2D eigenvalue weighted by Gasteiger charge is -2.12. The van der Waals surface area contributed by atoms with Gasteiger partial charge in [-0.05, 0) is 29.8 Å². The first-order chi connectivity index (χ1) is 12.3. The Hall–Kier alpha value is -2.16. The number of hydrogen-bond acceptors (Lipinski definition) is 5. The molecule has 136 valence electrons. The highest BCUT2D eigenvalue weighted by Crippen LogP contribution is 2.23. The fraction of sp³-hybridized carbons (Fsp3) is 0.222. The van der Waals surface area contributed by atoms with Crippen molar-refractivity contribution in [2.75, 3.05) is 14.1 Å². The zero-order chi connectivity index (χ0) is 18.9. The molecule has 6 nitrogen and oxygen atoms in total. The van der Waals surface area contributed by atoms with E-state index in [0.717, 1.165) is 5.56 Å². The van der Waals surface area contributed by atoms with Gasteiger partial charge in [0.05, 0.1) is 15.8 Å². The highest BCUT2D eigenvalue weighted by atomic mass is 32.2. The van der Waals surface area contributed by atoms with Gasteiger partial charge in [-0.15, -0.1) is 0 Å². The molecule has 0 aliphatic carbocycles. The van der Waals surface area contributed by atoms with Crippen molar-refractivity contribution in [2.24, 2.45) is 7.05 Å². The number of aromatic nitrogens is 2. The lowest BCUT2D eigenvalue weighted by atomic mass is 10.2. The van der Waals surface area contributed by atoms with E-state index in [1.807, 2.05) is 24.3 Å². The fourth-order valence-electron chi connectivity index (χ4n) is 2.48. The van der Waals surface area contributed by atoms with Crippen LogP contribution in [0.1, 0.15) is 5.56 Å². The maximum absolute atomic E-state index is 12.4. The van der Waals surface area contributed by atoms with Crippen molar-refractivity contribution in [2.45, 2.75) is 15.8 Å². The zero-order valence-electron chi connectivity index (χ0n) is 14.7. The maximum Gasteiger partial charge on any atom is 0.261 e. The molecule has 0 radical (unpaired) electrons. The second-order valence-electron chi connectivity index (χ2n) is 6.00. The third-order valence-corrected chi connectivity index (χ3v) is 6.90. The Balaban J connectivity index is 1.90. The quantitative estimate of drug-likeness (QED) is 0.495. The van der Waals surface area contributed by atoms with Crippen molar-refractivity contribution in [3.63, 3.8) is 0 Å². The van der Waals surface area contributed by atoms with Gasteiger partial charge in [0.1, 0.15) is 0 Å². The Bertz CT molecular complexity index is 1120. The van der Waals surface area contributed by atoms with E-state index in [9.17, 15) is 13.2 Å². The summed E-state index contributed by atoms with van der Waals surface area (Å²) in [5.74, 6) is 0.509. The number of hydrogen-bond donors (Lipinski definition) is 0. The Kier molecular flexibility index (Phi) is 5.17. The SMILES string of the molecule is CN(C)S(=O)(=O)c1cccc(CSc2nc3ccccc3c(=O)n2C)c1. The van der Waals surface area contributed by atoms with Crippen LogP contribution in [0.5, 0.6) is 0 Å². The van der Waals surface area contributed by atoms with Crippen molar-refractivity contribution in [1.29, 1.82) is 0 Å². The van der Waals surface area contributed by atoms with E-state index >= 15 is 0 Å². The number of thioether (sulfide) groups is 1. The summed E-state index contributed by atoms with van der Waals surface area (Å²) < 4.78 is 27.2. The van der Waals surface area contributed by atoms with Crippen LogP contribution in [0, 0.1) is 0 Å². The molecular weight excluding hydrogens is 370 g/mol. The van der Waals surface area contributed by atoms with E-state index in [1.165, 1.54) is 34.7 Å². The van der Waals surface area contributed by atoms with Crippen LogP contribution >= 0.6 is 11.8 Å². The average molecular weight is 390 g/mol. The van der Waals surface area contributed by atoms with Gasteiger partial charge in [0.2, 0.25) is 10.0 Å². The van der Waals surface area contributed by atoms with Gasteiger partial charge in [-0.1, -0.05) is 36.0 Å². The number of sulfonamides is 1. The van der Waals surface area contributed by atoms with Crippen LogP contribution < -0.4 is 5.56 Å². The number of para-hydroxylation sites is 1. The molecule has 3 rings (SSSR count). The highest BCUT2D eigenvalue weighted by molar-refractivity contribution is 7.98. The predicted molar refractivity (Wildman–Crippen MR) is 104 cm³/mol. The van der Waals surface area contributed by atoms with Crippen molar-refractivity contribution in [3.05, 3.63) is 64.4 Å². The molecule has 0 N–H and O–H groups in total. The lowest BCUT2D eigenvalue weighted by Crippen LogP contribution is -2.22. The molecular formula is C18H19N3O3S2. The molecule has 0 atom stereocenters. The summed E-state index contributed by atoms with van der Waals surface area (Å²) in [7, 11) is 1.23. The first-order valence-corrected chi connectivity index (χ1v) is 10.3. The van der Waals surface area contributed by atoms with Crippen LogP contribution in [-0.4, -0.2) is 36.4 Å². The van der Waals surface area contributed by atoms with Gasteiger partial charge in [-0.3, -0.25) is 9.36 Å². The van der Waals surface area contributed by atoms with Gasteiger partial charge in [0.25, 0.3) is 5.56 Å². The molecule has 1 heterocycles. The van der Waals surface area contributed by atoms with Crippen molar-refractivity contribution < 1.29 is 8.42 Å². The normalized spacial score (nSPS) is 12.0. The topological polar surface area (TPSA) is 72.3 Å². The van der Waals surface area contributed by atoms with Crippen LogP contribution in [0.3, 0.4) is 0 Å². The van der Waals surface area contributed by atoms with Crippen LogP contribution in [0.15, 0.2) is 63.4 Å². The largest absolute Gasteiger partial charge is 0.290 e. The van der Waals surface area contributed by atoms with E-state index in [-0.39, 0.29) is 10.5 Å². The van der Waals surface area contributed by atoms with E-state index in [2.05, 4.69) is 4.98 Å². The first kappa shape index (κ1) is 18.6. The van der Waals surface area contributed by atoms with E-state index < -0.39 is 10.0 Å². The van der Waals surface area contributed by atoms with E-state index in [1.54, 1.807) is 31.3 Å². The molecule has 8 heteroatoms. The summed E-state index contributed by atoms with van der Waals surface area (Å²) in [5, 5.41) is 1.17. The zero-order valence-corrected chi connectivity index (χ0v) is 16.3. The summed E-state index contributed by atoms with van der Waals surface area (Å²) in [4.78, 5) is 17.2. The highest BCUT2D eigenvalue weighted by Gasteiger charge is 2.17. The molecule has 0 unspecified atom stereocenters. The second-order valence-corrected chi connectivity index (χ2v) is 9.09. The van der Waals surface area contributed by atoms with Crippen LogP contribution in [0.25, 0.3) is 10.9 Å². The minimum Gasteiger partial charge on any atom is -0.290 e. The molecule has 26 heavy (non-hydrogen) atoms. The summed E-state index contributed by atoms with van der Waals surface area (Å²) in [6.07, 6.45) is 0. The number of benzene rings is 2. The standard InChI is InChI=1S/C18H19N3O3S2/c1-20(2)26(23,24)14-8-6-7-13(11-14)12-25-18-19-16-10-5-4-9-15(16)17(22)21(18)3/h4-11H,12H2,1-3H3. The minimum atomic E-state index is -3.47. The first-order valence-electron chi connectivity index (χ1n) is 7.91. The fourth-order valence-corrected chi connectivity index (χ4v) is 4.37. The molecule has 1 aromatic heterocycles. The second kappa shape index (κ2) is 7.22. The summed E-state index contributed by atoms with van der Waals surface area (Å²) in [6, 6.07) is 14.0. The monoisotopic (exact) mass is 389 g/mol. The van der Waals surface area contributed by atoms with Gasteiger partial charge in [0.15, 0.2) is 5.16 Å². The van der Waals surface area contributed by atoms with Gasteiger partial charge in [-0.2, -0.15) is 0 Å². The number of rotatable bonds is 5. The Labute approximate surface area is 156 Å². The molecule has 0 aliphatic heterocycles.